The van der Waals surface area contributed by atoms with Gasteiger partial charge in [0.15, 0.2) is 0 Å². The third-order valence-electron chi connectivity index (χ3n) is 7.49. The summed E-state index contributed by atoms with van der Waals surface area (Å²) >= 11 is 3.45. The lowest BCUT2D eigenvalue weighted by atomic mass is 9.94. The van der Waals surface area contributed by atoms with Gasteiger partial charge in [-0.3, -0.25) is 9.59 Å². The Morgan fingerprint density at radius 2 is 0.857 bits per heavy atom. The molecule has 42 heavy (non-hydrogen) atoms. The van der Waals surface area contributed by atoms with Crippen LogP contribution in [0.3, 0.4) is 0 Å². The van der Waals surface area contributed by atoms with Gasteiger partial charge in [0.25, 0.3) is 11.8 Å². The summed E-state index contributed by atoms with van der Waals surface area (Å²) in [7, 11) is 0. The molecule has 4 nitrogen and oxygen atoms in total. The lowest BCUT2D eigenvalue weighted by Crippen LogP contribution is -2.16. The minimum atomic E-state index is -0.219. The molecular weight excluding hydrogens is 557 g/mol. The van der Waals surface area contributed by atoms with Crippen molar-refractivity contribution in [2.24, 2.45) is 0 Å². The molecule has 0 aliphatic carbocycles. The number of amides is 2. The van der Waals surface area contributed by atoms with Crippen LogP contribution in [0.15, 0.2) is 119 Å². The van der Waals surface area contributed by atoms with Gasteiger partial charge in [-0.1, -0.05) is 72.8 Å². The van der Waals surface area contributed by atoms with E-state index < -0.39 is 0 Å². The summed E-state index contributed by atoms with van der Waals surface area (Å²) in [5.74, 6) is 1.10. The third-order valence-corrected chi connectivity index (χ3v) is 9.73. The molecule has 5 aromatic carbocycles. The number of para-hydroxylation sites is 2. The van der Waals surface area contributed by atoms with Crippen molar-refractivity contribution in [3.05, 3.63) is 143 Å². The fourth-order valence-corrected chi connectivity index (χ4v) is 7.18. The van der Waals surface area contributed by atoms with Gasteiger partial charge in [0, 0.05) is 32.4 Å². The average Bonchev–Trinajstić information content (AvgIpc) is 3.01. The van der Waals surface area contributed by atoms with Gasteiger partial charge in [0.2, 0.25) is 0 Å². The third kappa shape index (κ3) is 5.87. The summed E-state index contributed by atoms with van der Waals surface area (Å²) in [5.41, 5.74) is 8.99. The maximum atomic E-state index is 13.8. The van der Waals surface area contributed by atoms with Crippen LogP contribution in [0.25, 0.3) is 11.1 Å². The highest BCUT2D eigenvalue weighted by molar-refractivity contribution is 7.99. The molecule has 0 aromatic heterocycles. The molecule has 0 bridgehead atoms. The van der Waals surface area contributed by atoms with Crippen LogP contribution in [0.4, 0.5) is 11.4 Å². The SMILES string of the molecule is Cc1cc2c(cc1C)CSc1ccccc1NC(=O)c1ccccc1-c1ccccc1C(=O)Nc1ccccc1SC2. The van der Waals surface area contributed by atoms with E-state index >= 15 is 0 Å². The quantitative estimate of drug-likeness (QED) is 0.190. The first-order chi connectivity index (χ1) is 20.5. The number of aryl methyl sites for hydroxylation is 2. The summed E-state index contributed by atoms with van der Waals surface area (Å²) in [4.78, 5) is 29.6. The minimum absolute atomic E-state index is 0.219. The number of benzene rings is 5. The molecule has 2 amide bonds. The molecule has 2 N–H and O–H groups in total. The average molecular weight is 587 g/mol. The van der Waals surface area contributed by atoms with Crippen LogP contribution in [0.5, 0.6) is 0 Å². The molecule has 1 heterocycles. The van der Waals surface area contributed by atoms with Gasteiger partial charge in [-0.05, 0) is 83.6 Å². The molecule has 0 atom stereocenters. The Kier molecular flexibility index (Phi) is 8.17. The number of carbonyl (C=O) groups is 2. The Labute approximate surface area is 255 Å². The Morgan fingerprint density at radius 3 is 1.29 bits per heavy atom. The van der Waals surface area contributed by atoms with Gasteiger partial charge in [-0.2, -0.15) is 0 Å². The zero-order valence-electron chi connectivity index (χ0n) is 23.4. The smallest absolute Gasteiger partial charge is 0.256 e. The van der Waals surface area contributed by atoms with Crippen LogP contribution in [0.2, 0.25) is 0 Å². The largest absolute Gasteiger partial charge is 0.321 e. The highest BCUT2D eigenvalue weighted by atomic mass is 32.2. The van der Waals surface area contributed by atoms with E-state index in [0.717, 1.165) is 32.7 Å². The van der Waals surface area contributed by atoms with Crippen LogP contribution in [0, 0.1) is 13.8 Å². The molecule has 0 saturated heterocycles. The first kappa shape index (κ1) is 27.9. The zero-order chi connectivity index (χ0) is 29.1. The number of fused-ring (bicyclic) bond motifs is 6. The summed E-state index contributed by atoms with van der Waals surface area (Å²) in [5, 5.41) is 6.31. The number of carbonyl (C=O) groups excluding carboxylic acids is 2. The molecule has 208 valence electrons. The van der Waals surface area contributed by atoms with Crippen molar-refractivity contribution in [1.82, 2.24) is 0 Å². The molecule has 0 spiro atoms. The topological polar surface area (TPSA) is 58.2 Å². The summed E-state index contributed by atoms with van der Waals surface area (Å²) in [6.07, 6.45) is 0. The number of nitrogens with one attached hydrogen (secondary N) is 2. The van der Waals surface area contributed by atoms with Crippen molar-refractivity contribution in [1.29, 1.82) is 0 Å². The zero-order valence-corrected chi connectivity index (χ0v) is 25.1. The van der Waals surface area contributed by atoms with E-state index in [1.165, 1.54) is 22.3 Å². The van der Waals surface area contributed by atoms with Gasteiger partial charge < -0.3 is 10.6 Å². The van der Waals surface area contributed by atoms with Gasteiger partial charge in [0.1, 0.15) is 0 Å². The van der Waals surface area contributed by atoms with Crippen molar-refractivity contribution in [3.8, 4) is 11.1 Å². The van der Waals surface area contributed by atoms with E-state index in [-0.39, 0.29) is 11.8 Å². The van der Waals surface area contributed by atoms with E-state index in [0.29, 0.717) is 22.3 Å². The molecule has 1 aliphatic rings. The van der Waals surface area contributed by atoms with E-state index in [1.807, 2.05) is 72.8 Å². The van der Waals surface area contributed by atoms with Crippen LogP contribution in [0.1, 0.15) is 43.0 Å². The summed E-state index contributed by atoms with van der Waals surface area (Å²) in [6.45, 7) is 4.29. The maximum Gasteiger partial charge on any atom is 0.256 e. The second-order valence-electron chi connectivity index (χ2n) is 10.3. The molecule has 5 aromatic rings. The molecule has 0 fully saturated rings. The predicted molar refractivity (Wildman–Crippen MR) is 176 cm³/mol. The summed E-state index contributed by atoms with van der Waals surface area (Å²) in [6, 6.07) is 35.3. The number of hydrogen-bond acceptors (Lipinski definition) is 4. The summed E-state index contributed by atoms with van der Waals surface area (Å²) < 4.78 is 0. The first-order valence-electron chi connectivity index (χ1n) is 13.8. The molecule has 0 radical (unpaired) electrons. The second-order valence-corrected chi connectivity index (χ2v) is 12.3. The van der Waals surface area contributed by atoms with Crippen LogP contribution < -0.4 is 10.6 Å². The van der Waals surface area contributed by atoms with E-state index in [2.05, 4.69) is 48.7 Å². The monoisotopic (exact) mass is 586 g/mol. The lowest BCUT2D eigenvalue weighted by Gasteiger charge is -2.18. The van der Waals surface area contributed by atoms with E-state index in [9.17, 15) is 9.59 Å². The van der Waals surface area contributed by atoms with Crippen molar-refractivity contribution in [2.75, 3.05) is 10.6 Å². The van der Waals surface area contributed by atoms with Crippen LogP contribution >= 0.6 is 23.5 Å². The fourth-order valence-electron chi connectivity index (χ4n) is 5.12. The van der Waals surface area contributed by atoms with Gasteiger partial charge >= 0.3 is 0 Å². The van der Waals surface area contributed by atoms with Crippen molar-refractivity contribution in [3.63, 3.8) is 0 Å². The Balaban J connectivity index is 1.49. The number of anilines is 2. The molecule has 6 rings (SSSR count). The fraction of sp³-hybridized carbons (Fsp3) is 0.111. The maximum absolute atomic E-state index is 13.8. The Morgan fingerprint density at radius 1 is 0.500 bits per heavy atom. The Hall–Kier alpha value is -4.26. The van der Waals surface area contributed by atoms with Crippen LogP contribution in [-0.2, 0) is 11.5 Å². The molecule has 1 aliphatic heterocycles. The normalized spacial score (nSPS) is 13.6. The van der Waals surface area contributed by atoms with Crippen molar-refractivity contribution >= 4 is 46.7 Å². The second kappa shape index (κ2) is 12.3. The van der Waals surface area contributed by atoms with Crippen LogP contribution in [-0.4, -0.2) is 11.8 Å². The van der Waals surface area contributed by atoms with Crippen molar-refractivity contribution in [2.45, 2.75) is 35.1 Å². The lowest BCUT2D eigenvalue weighted by molar-refractivity contribution is 0.101. The Bertz CT molecular complexity index is 1680. The predicted octanol–water partition coefficient (Wildman–Crippen LogP) is 9.37. The highest BCUT2D eigenvalue weighted by Crippen LogP contribution is 2.37. The molecule has 0 unspecified atom stereocenters. The first-order valence-corrected chi connectivity index (χ1v) is 15.8. The standard InChI is InChI=1S/C36H30N2O2S2/c1-23-19-25-21-41-33-17-9-7-15-31(33)37-35(39)29-13-5-3-11-27(29)28-12-4-6-14-30(28)36(40)38-32-16-8-10-18-34(32)42-22-26(25)20-24(23)2/h3-20H,21-22H2,1-2H3,(H,37,39)(H,38,40). The highest BCUT2D eigenvalue weighted by Gasteiger charge is 2.20. The van der Waals surface area contributed by atoms with Gasteiger partial charge in [-0.25, -0.2) is 0 Å². The van der Waals surface area contributed by atoms with E-state index in [1.54, 1.807) is 35.7 Å². The number of hydrogen-bond donors (Lipinski definition) is 2. The van der Waals surface area contributed by atoms with Gasteiger partial charge in [0.05, 0.1) is 11.4 Å². The number of thioether (sulfide) groups is 2. The molecule has 6 heteroatoms. The minimum Gasteiger partial charge on any atom is -0.321 e. The molecule has 0 saturated carbocycles. The number of rotatable bonds is 0. The van der Waals surface area contributed by atoms with Gasteiger partial charge in [-0.15, -0.1) is 23.5 Å². The molecular formula is C36H30N2O2S2. The van der Waals surface area contributed by atoms with E-state index in [4.69, 9.17) is 0 Å². The van der Waals surface area contributed by atoms with Crippen molar-refractivity contribution < 1.29 is 9.59 Å².